The summed E-state index contributed by atoms with van der Waals surface area (Å²) in [7, 11) is 1.61. The minimum Gasteiger partial charge on any atom is -0.497 e. The van der Waals surface area contributed by atoms with Gasteiger partial charge < -0.3 is 14.2 Å². The van der Waals surface area contributed by atoms with E-state index in [2.05, 4.69) is 17.1 Å². The number of aryl methyl sites for hydroxylation is 1. The summed E-state index contributed by atoms with van der Waals surface area (Å²) in [5, 5.41) is 4.02. The molecule has 0 radical (unpaired) electrons. The quantitative estimate of drug-likeness (QED) is 0.843. The van der Waals surface area contributed by atoms with Gasteiger partial charge in [0.1, 0.15) is 5.75 Å². The second kappa shape index (κ2) is 7.47. The van der Waals surface area contributed by atoms with E-state index >= 15 is 0 Å². The minimum atomic E-state index is 0.0376. The average Bonchev–Trinajstić information content (AvgIpc) is 3.10. The van der Waals surface area contributed by atoms with Crippen molar-refractivity contribution in [1.29, 1.82) is 0 Å². The number of aromatic nitrogens is 2. The highest BCUT2D eigenvalue weighted by Crippen LogP contribution is 2.27. The van der Waals surface area contributed by atoms with E-state index in [1.165, 1.54) is 0 Å². The maximum atomic E-state index is 12.7. The van der Waals surface area contributed by atoms with Gasteiger partial charge in [0.2, 0.25) is 5.89 Å². The number of piperidine rings is 1. The number of nitrogens with zero attached hydrogens (tertiary/aromatic N) is 3. The summed E-state index contributed by atoms with van der Waals surface area (Å²) in [6.07, 6.45) is 3.73. The van der Waals surface area contributed by atoms with Gasteiger partial charge in [-0.25, -0.2) is 0 Å². The number of hydrogen-bond acceptors (Lipinski definition) is 5. The summed E-state index contributed by atoms with van der Waals surface area (Å²) in [5.74, 6) is 2.32. The summed E-state index contributed by atoms with van der Waals surface area (Å²) in [4.78, 5) is 19.1. The van der Waals surface area contributed by atoms with Crippen molar-refractivity contribution in [1.82, 2.24) is 15.0 Å². The number of rotatable bonds is 5. The van der Waals surface area contributed by atoms with Crippen molar-refractivity contribution >= 4 is 5.91 Å². The van der Waals surface area contributed by atoms with Crippen LogP contribution in [0.2, 0.25) is 0 Å². The highest BCUT2D eigenvalue weighted by Gasteiger charge is 2.29. The summed E-state index contributed by atoms with van der Waals surface area (Å²) in [6.45, 7) is 3.47. The molecule has 128 valence electrons. The molecule has 1 fully saturated rings. The fraction of sp³-hybridized carbons (Fsp3) is 0.500. The van der Waals surface area contributed by atoms with Gasteiger partial charge in [0.15, 0.2) is 5.82 Å². The van der Waals surface area contributed by atoms with Crippen LogP contribution in [0.1, 0.15) is 54.2 Å². The molecule has 6 heteroatoms. The molecule has 1 aromatic heterocycles. The Kier molecular flexibility index (Phi) is 5.13. The zero-order valence-electron chi connectivity index (χ0n) is 14.2. The maximum absolute atomic E-state index is 12.7. The fourth-order valence-electron chi connectivity index (χ4n) is 3.04. The average molecular weight is 329 g/mol. The molecular formula is C18H23N3O3. The van der Waals surface area contributed by atoms with Crippen molar-refractivity contribution in [3.8, 4) is 5.75 Å². The molecule has 1 atom stereocenters. The Bertz CT molecular complexity index is 681. The van der Waals surface area contributed by atoms with Crippen LogP contribution in [0, 0.1) is 0 Å². The number of likely N-dealkylation sites (tertiary alicyclic amines) is 1. The molecule has 0 spiro atoms. The van der Waals surface area contributed by atoms with Crippen molar-refractivity contribution in [3.05, 3.63) is 41.5 Å². The van der Waals surface area contributed by atoms with Gasteiger partial charge in [-0.2, -0.15) is 4.98 Å². The molecule has 0 N–H and O–H groups in total. The molecular weight excluding hydrogens is 306 g/mol. The number of benzene rings is 1. The van der Waals surface area contributed by atoms with Crippen LogP contribution < -0.4 is 4.74 Å². The van der Waals surface area contributed by atoms with E-state index in [1.807, 2.05) is 17.0 Å². The van der Waals surface area contributed by atoms with Crippen molar-refractivity contribution < 1.29 is 14.1 Å². The van der Waals surface area contributed by atoms with E-state index in [9.17, 15) is 4.79 Å². The largest absolute Gasteiger partial charge is 0.497 e. The first-order valence-electron chi connectivity index (χ1n) is 8.47. The van der Waals surface area contributed by atoms with Crippen molar-refractivity contribution in [2.45, 2.75) is 38.5 Å². The van der Waals surface area contributed by atoms with Gasteiger partial charge in [0, 0.05) is 25.1 Å². The van der Waals surface area contributed by atoms with E-state index in [0.717, 1.165) is 43.8 Å². The Labute approximate surface area is 141 Å². The lowest BCUT2D eigenvalue weighted by Gasteiger charge is -2.31. The molecule has 0 saturated carbocycles. The van der Waals surface area contributed by atoms with Crippen LogP contribution in [-0.4, -0.2) is 41.1 Å². The predicted octanol–water partition coefficient (Wildman–Crippen LogP) is 3.05. The highest BCUT2D eigenvalue weighted by atomic mass is 16.5. The van der Waals surface area contributed by atoms with E-state index < -0.39 is 0 Å². The third-order valence-electron chi connectivity index (χ3n) is 4.35. The second-order valence-electron chi connectivity index (χ2n) is 6.12. The molecule has 2 aromatic rings. The Hall–Kier alpha value is -2.37. The molecule has 2 heterocycles. The van der Waals surface area contributed by atoms with Gasteiger partial charge in [0.25, 0.3) is 5.91 Å². The van der Waals surface area contributed by atoms with Crippen LogP contribution in [0.15, 0.2) is 28.8 Å². The lowest BCUT2D eigenvalue weighted by atomic mass is 9.97. The lowest BCUT2D eigenvalue weighted by molar-refractivity contribution is 0.0695. The summed E-state index contributed by atoms with van der Waals surface area (Å²) >= 11 is 0. The monoisotopic (exact) mass is 329 g/mol. The number of carbonyl (C=O) groups excluding carboxylic acids is 1. The first kappa shape index (κ1) is 16.5. The second-order valence-corrected chi connectivity index (χ2v) is 6.12. The van der Waals surface area contributed by atoms with Gasteiger partial charge in [-0.15, -0.1) is 0 Å². The summed E-state index contributed by atoms with van der Waals surface area (Å²) < 4.78 is 10.5. The zero-order valence-corrected chi connectivity index (χ0v) is 14.2. The van der Waals surface area contributed by atoms with Gasteiger partial charge in [-0.3, -0.25) is 4.79 Å². The number of ether oxygens (including phenoxy) is 1. The van der Waals surface area contributed by atoms with Gasteiger partial charge in [-0.05, 0) is 43.5 Å². The topological polar surface area (TPSA) is 68.5 Å². The van der Waals surface area contributed by atoms with Crippen LogP contribution in [0.4, 0.5) is 0 Å². The smallest absolute Gasteiger partial charge is 0.253 e. The standard InChI is InChI=1S/C18H23N3O3/c1-3-5-16-19-17(24-20-16)14-6-4-11-21(12-14)18(22)13-7-9-15(23-2)10-8-13/h7-10,14H,3-6,11-12H2,1-2H3/t14-/m0/s1. The Balaban J connectivity index is 1.68. The van der Waals surface area contributed by atoms with Gasteiger partial charge in [-0.1, -0.05) is 12.1 Å². The van der Waals surface area contributed by atoms with E-state index in [0.29, 0.717) is 18.0 Å². The molecule has 1 aromatic carbocycles. The van der Waals surface area contributed by atoms with Crippen molar-refractivity contribution in [2.75, 3.05) is 20.2 Å². The Morgan fingerprint density at radius 3 is 2.88 bits per heavy atom. The minimum absolute atomic E-state index is 0.0376. The van der Waals surface area contributed by atoms with Crippen molar-refractivity contribution in [3.63, 3.8) is 0 Å². The van der Waals surface area contributed by atoms with Gasteiger partial charge >= 0.3 is 0 Å². The van der Waals surface area contributed by atoms with Crippen LogP contribution in [0.25, 0.3) is 0 Å². The van der Waals surface area contributed by atoms with Crippen LogP contribution in [0.3, 0.4) is 0 Å². The SMILES string of the molecule is CCCc1noc([C@H]2CCCN(C(=O)c3ccc(OC)cc3)C2)n1. The molecule has 0 unspecified atom stereocenters. The lowest BCUT2D eigenvalue weighted by Crippen LogP contribution is -2.39. The Morgan fingerprint density at radius 2 is 2.17 bits per heavy atom. The van der Waals surface area contributed by atoms with Crippen LogP contribution >= 0.6 is 0 Å². The van der Waals surface area contributed by atoms with E-state index in [-0.39, 0.29) is 11.8 Å². The maximum Gasteiger partial charge on any atom is 0.253 e. The van der Waals surface area contributed by atoms with Gasteiger partial charge in [0.05, 0.1) is 13.0 Å². The van der Waals surface area contributed by atoms with E-state index in [1.54, 1.807) is 19.2 Å². The molecule has 1 saturated heterocycles. The molecule has 1 aliphatic heterocycles. The van der Waals surface area contributed by atoms with E-state index in [4.69, 9.17) is 9.26 Å². The summed E-state index contributed by atoms with van der Waals surface area (Å²) in [6, 6.07) is 7.22. The third-order valence-corrected chi connectivity index (χ3v) is 4.35. The fourth-order valence-corrected chi connectivity index (χ4v) is 3.04. The molecule has 3 rings (SSSR count). The zero-order chi connectivity index (χ0) is 16.9. The van der Waals surface area contributed by atoms with Crippen LogP contribution in [-0.2, 0) is 6.42 Å². The third kappa shape index (κ3) is 3.58. The number of amides is 1. The molecule has 1 aliphatic rings. The number of hydrogen-bond donors (Lipinski definition) is 0. The predicted molar refractivity (Wildman–Crippen MR) is 89.2 cm³/mol. The molecule has 24 heavy (non-hydrogen) atoms. The highest BCUT2D eigenvalue weighted by molar-refractivity contribution is 5.94. The normalized spacial score (nSPS) is 17.8. The summed E-state index contributed by atoms with van der Waals surface area (Å²) in [5.41, 5.74) is 0.675. The molecule has 1 amide bonds. The molecule has 0 aliphatic carbocycles. The number of carbonyl (C=O) groups is 1. The first-order valence-corrected chi connectivity index (χ1v) is 8.47. The molecule has 6 nitrogen and oxygen atoms in total. The van der Waals surface area contributed by atoms with Crippen LogP contribution in [0.5, 0.6) is 5.75 Å². The molecule has 0 bridgehead atoms. The van der Waals surface area contributed by atoms with Crippen molar-refractivity contribution in [2.24, 2.45) is 0 Å². The first-order chi connectivity index (χ1) is 11.7. The Morgan fingerprint density at radius 1 is 1.38 bits per heavy atom. The number of methoxy groups -OCH3 is 1.